The van der Waals surface area contributed by atoms with Crippen LogP contribution in [0, 0.1) is 0 Å². The molecule has 0 atom stereocenters. The highest BCUT2D eigenvalue weighted by atomic mass is 32.2. The summed E-state index contributed by atoms with van der Waals surface area (Å²) in [5, 5.41) is 2.85. The molecule has 98 valence electrons. The van der Waals surface area contributed by atoms with Crippen molar-refractivity contribution in [3.05, 3.63) is 23.9 Å². The van der Waals surface area contributed by atoms with Gasteiger partial charge in [-0.1, -0.05) is 0 Å². The Balaban J connectivity index is 2.17. The second kappa shape index (κ2) is 4.93. The Labute approximate surface area is 106 Å². The molecule has 1 aromatic heterocycles. The van der Waals surface area contributed by atoms with Gasteiger partial charge in [0.25, 0.3) is 5.91 Å². The molecule has 6 nitrogen and oxygen atoms in total. The minimum atomic E-state index is -2.97. The number of aromatic nitrogens is 1. The summed E-state index contributed by atoms with van der Waals surface area (Å²) in [5.41, 5.74) is 0.472. The third-order valence-electron chi connectivity index (χ3n) is 2.91. The summed E-state index contributed by atoms with van der Waals surface area (Å²) in [6.45, 7) is 0.498. The first-order valence-electron chi connectivity index (χ1n) is 5.66. The van der Waals surface area contributed by atoms with Gasteiger partial charge < -0.3 is 10.2 Å². The van der Waals surface area contributed by atoms with Gasteiger partial charge in [0.15, 0.2) is 9.84 Å². The third-order valence-corrected chi connectivity index (χ3v) is 4.52. The third kappa shape index (κ3) is 2.61. The predicted molar refractivity (Wildman–Crippen MR) is 68.3 cm³/mol. The molecule has 2 heterocycles. The van der Waals surface area contributed by atoms with Crippen molar-refractivity contribution in [1.82, 2.24) is 9.88 Å². The van der Waals surface area contributed by atoms with Crippen molar-refractivity contribution >= 4 is 21.6 Å². The van der Waals surface area contributed by atoms with Gasteiger partial charge in [-0.3, -0.25) is 4.79 Å². The van der Waals surface area contributed by atoms with Gasteiger partial charge in [-0.2, -0.15) is 0 Å². The maximum Gasteiger partial charge on any atom is 0.257 e. The molecule has 1 fully saturated rings. The number of pyridine rings is 1. The van der Waals surface area contributed by atoms with Gasteiger partial charge >= 0.3 is 0 Å². The molecule has 18 heavy (non-hydrogen) atoms. The largest absolute Gasteiger partial charge is 0.372 e. The lowest BCUT2D eigenvalue weighted by atomic mass is 10.2. The minimum absolute atomic E-state index is 0.0356. The molecule has 1 N–H and O–H groups in total. The fourth-order valence-corrected chi connectivity index (χ4v) is 3.06. The fraction of sp³-hybridized carbons (Fsp3) is 0.455. The van der Waals surface area contributed by atoms with Crippen LogP contribution < -0.4 is 5.32 Å². The van der Waals surface area contributed by atoms with E-state index in [-0.39, 0.29) is 30.5 Å². The van der Waals surface area contributed by atoms with Crippen LogP contribution in [0.4, 0.5) is 5.82 Å². The zero-order valence-corrected chi connectivity index (χ0v) is 10.9. The van der Waals surface area contributed by atoms with Crippen LogP contribution >= 0.6 is 0 Å². The van der Waals surface area contributed by atoms with Gasteiger partial charge in [-0.25, -0.2) is 13.4 Å². The molecule has 0 spiro atoms. The van der Waals surface area contributed by atoms with E-state index in [2.05, 4.69) is 10.3 Å². The van der Waals surface area contributed by atoms with Gasteiger partial charge in [0.1, 0.15) is 5.82 Å². The Morgan fingerprint density at radius 2 is 2.06 bits per heavy atom. The van der Waals surface area contributed by atoms with Crippen LogP contribution in [0.2, 0.25) is 0 Å². The van der Waals surface area contributed by atoms with Gasteiger partial charge in [-0.15, -0.1) is 0 Å². The Hall–Kier alpha value is -1.63. The monoisotopic (exact) mass is 269 g/mol. The first kappa shape index (κ1) is 12.8. The highest BCUT2D eigenvalue weighted by Crippen LogP contribution is 2.15. The molecule has 0 aromatic carbocycles. The Kier molecular flexibility index (Phi) is 3.51. The number of rotatable bonds is 2. The molecular weight excluding hydrogens is 254 g/mol. The first-order valence-corrected chi connectivity index (χ1v) is 7.48. The zero-order chi connectivity index (χ0) is 13.2. The van der Waals surface area contributed by atoms with E-state index in [9.17, 15) is 13.2 Å². The first-order chi connectivity index (χ1) is 8.53. The molecule has 1 saturated heterocycles. The highest BCUT2D eigenvalue weighted by Gasteiger charge is 2.26. The van der Waals surface area contributed by atoms with E-state index in [1.807, 2.05) is 0 Å². The smallest absolute Gasteiger partial charge is 0.257 e. The summed E-state index contributed by atoms with van der Waals surface area (Å²) >= 11 is 0. The number of hydrogen-bond acceptors (Lipinski definition) is 5. The summed E-state index contributed by atoms with van der Waals surface area (Å²) in [7, 11) is -1.28. The molecule has 1 aliphatic rings. The van der Waals surface area contributed by atoms with Crippen molar-refractivity contribution in [2.45, 2.75) is 0 Å². The second-order valence-electron chi connectivity index (χ2n) is 4.09. The molecule has 0 radical (unpaired) electrons. The average molecular weight is 269 g/mol. The Morgan fingerprint density at radius 3 is 2.67 bits per heavy atom. The van der Waals surface area contributed by atoms with Crippen molar-refractivity contribution in [2.75, 3.05) is 37.0 Å². The van der Waals surface area contributed by atoms with Crippen LogP contribution in [0.5, 0.6) is 0 Å². The summed E-state index contributed by atoms with van der Waals surface area (Å²) in [5.74, 6) is 0.403. The minimum Gasteiger partial charge on any atom is -0.372 e. The number of amides is 1. The quantitative estimate of drug-likeness (QED) is 0.817. The van der Waals surface area contributed by atoms with E-state index < -0.39 is 9.84 Å². The predicted octanol–water partition coefficient (Wildman–Crippen LogP) is -0.00610. The molecular formula is C11H15N3O3S. The van der Waals surface area contributed by atoms with Gasteiger partial charge in [0, 0.05) is 26.3 Å². The van der Waals surface area contributed by atoms with Gasteiger partial charge in [0.05, 0.1) is 17.1 Å². The van der Waals surface area contributed by atoms with Gasteiger partial charge in [0.2, 0.25) is 0 Å². The van der Waals surface area contributed by atoms with E-state index in [1.54, 1.807) is 30.3 Å². The summed E-state index contributed by atoms with van der Waals surface area (Å²) in [4.78, 5) is 17.9. The van der Waals surface area contributed by atoms with Crippen LogP contribution in [0.25, 0.3) is 0 Å². The van der Waals surface area contributed by atoms with Gasteiger partial charge in [-0.05, 0) is 12.1 Å². The van der Waals surface area contributed by atoms with E-state index in [1.165, 1.54) is 0 Å². The van der Waals surface area contributed by atoms with E-state index in [0.717, 1.165) is 0 Å². The van der Waals surface area contributed by atoms with Crippen molar-refractivity contribution in [3.8, 4) is 0 Å². The standard InChI is InChI=1S/C11H15N3O3S/c1-12-10-9(3-2-4-13-10)11(15)14-5-7-18(16,17)8-6-14/h2-4H,5-8H2,1H3,(H,12,13). The topological polar surface area (TPSA) is 79.4 Å². The number of sulfone groups is 1. The van der Waals surface area contributed by atoms with Crippen molar-refractivity contribution in [3.63, 3.8) is 0 Å². The summed E-state index contributed by atoms with van der Waals surface area (Å²) < 4.78 is 22.6. The molecule has 0 unspecified atom stereocenters. The number of carbonyl (C=O) groups excluding carboxylic acids is 1. The number of anilines is 1. The van der Waals surface area contributed by atoms with Crippen LogP contribution in [0.15, 0.2) is 18.3 Å². The molecule has 0 aliphatic carbocycles. The zero-order valence-electron chi connectivity index (χ0n) is 10.1. The molecule has 1 amide bonds. The van der Waals surface area contributed by atoms with Crippen LogP contribution in [-0.4, -0.2) is 55.9 Å². The number of hydrogen-bond donors (Lipinski definition) is 1. The summed E-state index contributed by atoms with van der Waals surface area (Å²) in [6.07, 6.45) is 1.60. The summed E-state index contributed by atoms with van der Waals surface area (Å²) in [6, 6.07) is 3.37. The lowest BCUT2D eigenvalue weighted by Crippen LogP contribution is -2.43. The molecule has 0 bridgehead atoms. The number of nitrogens with zero attached hydrogens (tertiary/aromatic N) is 2. The highest BCUT2D eigenvalue weighted by molar-refractivity contribution is 7.91. The Bertz CT molecular complexity index is 542. The van der Waals surface area contributed by atoms with Crippen molar-refractivity contribution in [2.24, 2.45) is 0 Å². The normalized spacial score (nSPS) is 18.4. The van der Waals surface area contributed by atoms with E-state index in [4.69, 9.17) is 0 Å². The van der Waals surface area contributed by atoms with Crippen molar-refractivity contribution in [1.29, 1.82) is 0 Å². The van der Waals surface area contributed by atoms with Crippen LogP contribution in [0.1, 0.15) is 10.4 Å². The molecule has 0 saturated carbocycles. The lowest BCUT2D eigenvalue weighted by molar-refractivity contribution is 0.0771. The molecule has 2 rings (SSSR count). The maximum absolute atomic E-state index is 12.2. The fourth-order valence-electron chi connectivity index (χ4n) is 1.86. The average Bonchev–Trinajstić information content (AvgIpc) is 2.38. The maximum atomic E-state index is 12.2. The molecule has 1 aromatic rings. The van der Waals surface area contributed by atoms with Crippen molar-refractivity contribution < 1.29 is 13.2 Å². The molecule has 7 heteroatoms. The van der Waals surface area contributed by atoms with Crippen LogP contribution in [0.3, 0.4) is 0 Å². The lowest BCUT2D eigenvalue weighted by Gasteiger charge is -2.27. The SMILES string of the molecule is CNc1ncccc1C(=O)N1CCS(=O)(=O)CC1. The van der Waals surface area contributed by atoms with E-state index >= 15 is 0 Å². The second-order valence-corrected chi connectivity index (χ2v) is 6.40. The number of nitrogens with one attached hydrogen (secondary N) is 1. The Morgan fingerprint density at radius 1 is 1.39 bits per heavy atom. The van der Waals surface area contributed by atoms with Crippen LogP contribution in [-0.2, 0) is 9.84 Å². The van der Waals surface area contributed by atoms with E-state index in [0.29, 0.717) is 11.4 Å². The number of carbonyl (C=O) groups is 1. The molecule has 1 aliphatic heterocycles.